The second kappa shape index (κ2) is 7.53. The number of aryl methyl sites for hydroxylation is 1. The zero-order valence-electron chi connectivity index (χ0n) is 12.1. The number of rotatable bonds is 7. The largest absolute Gasteiger partial charge is 0.484 e. The van der Waals surface area contributed by atoms with Gasteiger partial charge in [0.15, 0.2) is 6.61 Å². The van der Waals surface area contributed by atoms with Crippen molar-refractivity contribution in [1.29, 1.82) is 0 Å². The Morgan fingerprint density at radius 3 is 2.60 bits per heavy atom. The molecule has 0 aliphatic carbocycles. The van der Waals surface area contributed by atoms with Gasteiger partial charge in [-0.05, 0) is 38.0 Å². The molecule has 5 nitrogen and oxygen atoms in total. The predicted octanol–water partition coefficient (Wildman–Crippen LogP) is 1.95. The fraction of sp³-hybridized carbons (Fsp3) is 0.467. The molecule has 0 radical (unpaired) electrons. The minimum absolute atomic E-state index is 0.154. The summed E-state index contributed by atoms with van der Waals surface area (Å²) in [4.78, 5) is 24.0. The van der Waals surface area contributed by atoms with E-state index in [1.165, 1.54) is 4.90 Å². The van der Waals surface area contributed by atoms with Crippen LogP contribution in [-0.4, -0.2) is 41.1 Å². The van der Waals surface area contributed by atoms with Gasteiger partial charge in [-0.3, -0.25) is 9.59 Å². The Morgan fingerprint density at radius 1 is 1.35 bits per heavy atom. The van der Waals surface area contributed by atoms with Crippen molar-refractivity contribution in [2.45, 2.75) is 33.2 Å². The van der Waals surface area contributed by atoms with Gasteiger partial charge in [0.25, 0.3) is 5.91 Å². The maximum atomic E-state index is 12.0. The van der Waals surface area contributed by atoms with E-state index < -0.39 is 5.97 Å². The summed E-state index contributed by atoms with van der Waals surface area (Å²) in [6.07, 6.45) is 0.891. The molecule has 110 valence electrons. The summed E-state index contributed by atoms with van der Waals surface area (Å²) in [6, 6.07) is 7.34. The Bertz CT molecular complexity index is 471. The van der Waals surface area contributed by atoms with Crippen molar-refractivity contribution in [2.24, 2.45) is 0 Å². The Morgan fingerprint density at radius 2 is 2.05 bits per heavy atom. The molecule has 0 fully saturated rings. The van der Waals surface area contributed by atoms with E-state index in [0.29, 0.717) is 5.75 Å². The highest BCUT2D eigenvalue weighted by atomic mass is 16.5. The lowest BCUT2D eigenvalue weighted by atomic mass is 10.2. The Kier molecular flexibility index (Phi) is 6.03. The van der Waals surface area contributed by atoms with E-state index in [9.17, 15) is 9.59 Å². The summed E-state index contributed by atoms with van der Waals surface area (Å²) in [7, 11) is 0. The standard InChI is InChI=1S/C15H21NO4/c1-4-12-6-5-7-13(8-12)20-10-14(17)16(11(2)3)9-15(18)19/h5-8,11H,4,9-10H2,1-3H3,(H,18,19). The summed E-state index contributed by atoms with van der Waals surface area (Å²) < 4.78 is 5.44. The van der Waals surface area contributed by atoms with Gasteiger partial charge < -0.3 is 14.7 Å². The summed E-state index contributed by atoms with van der Waals surface area (Å²) in [5.41, 5.74) is 1.13. The first-order valence-electron chi connectivity index (χ1n) is 6.67. The number of amides is 1. The second-order valence-electron chi connectivity index (χ2n) is 4.80. The van der Waals surface area contributed by atoms with Crippen LogP contribution in [0.3, 0.4) is 0 Å². The van der Waals surface area contributed by atoms with Gasteiger partial charge in [0.05, 0.1) is 0 Å². The van der Waals surface area contributed by atoms with Crippen LogP contribution in [0.15, 0.2) is 24.3 Å². The smallest absolute Gasteiger partial charge is 0.323 e. The summed E-state index contributed by atoms with van der Waals surface area (Å²) in [5.74, 6) is -0.735. The van der Waals surface area contributed by atoms with Crippen molar-refractivity contribution in [3.63, 3.8) is 0 Å². The number of hydrogen-bond donors (Lipinski definition) is 1. The van der Waals surface area contributed by atoms with Crippen LogP contribution in [0.4, 0.5) is 0 Å². The van der Waals surface area contributed by atoms with Gasteiger partial charge in [-0.15, -0.1) is 0 Å². The molecule has 1 aromatic rings. The lowest BCUT2D eigenvalue weighted by molar-refractivity contribution is -0.146. The summed E-state index contributed by atoms with van der Waals surface area (Å²) in [5, 5.41) is 8.80. The lowest BCUT2D eigenvalue weighted by Crippen LogP contribution is -2.43. The van der Waals surface area contributed by atoms with Gasteiger partial charge in [-0.1, -0.05) is 19.1 Å². The molecule has 0 aliphatic heterocycles. The number of carboxylic acid groups (broad SMARTS) is 1. The molecular formula is C15H21NO4. The predicted molar refractivity (Wildman–Crippen MR) is 75.8 cm³/mol. The van der Waals surface area contributed by atoms with Crippen LogP contribution in [0.5, 0.6) is 5.75 Å². The van der Waals surface area contributed by atoms with Crippen LogP contribution in [-0.2, 0) is 16.0 Å². The van der Waals surface area contributed by atoms with Crippen LogP contribution in [0.25, 0.3) is 0 Å². The van der Waals surface area contributed by atoms with Crippen molar-refractivity contribution in [3.8, 4) is 5.75 Å². The first-order chi connectivity index (χ1) is 9.43. The normalized spacial score (nSPS) is 10.4. The Hall–Kier alpha value is -2.04. The summed E-state index contributed by atoms with van der Waals surface area (Å²) in [6.45, 7) is 5.13. The van der Waals surface area contributed by atoms with E-state index in [1.54, 1.807) is 19.9 Å². The van der Waals surface area contributed by atoms with Crippen LogP contribution in [0.2, 0.25) is 0 Å². The van der Waals surface area contributed by atoms with Crippen LogP contribution in [0.1, 0.15) is 26.3 Å². The molecule has 0 aromatic heterocycles. The molecule has 1 rings (SSSR count). The number of hydrogen-bond acceptors (Lipinski definition) is 3. The molecule has 0 aliphatic rings. The number of aliphatic carboxylic acids is 1. The van der Waals surface area contributed by atoms with Gasteiger partial charge in [0.2, 0.25) is 0 Å². The van der Waals surface area contributed by atoms with Gasteiger partial charge in [0.1, 0.15) is 12.3 Å². The van der Waals surface area contributed by atoms with E-state index in [0.717, 1.165) is 12.0 Å². The fourth-order valence-electron chi connectivity index (χ4n) is 1.79. The van der Waals surface area contributed by atoms with Gasteiger partial charge in [-0.2, -0.15) is 0 Å². The first kappa shape index (κ1) is 16.0. The molecule has 0 saturated carbocycles. The molecule has 0 atom stereocenters. The maximum absolute atomic E-state index is 12.0. The van der Waals surface area contributed by atoms with Crippen molar-refractivity contribution in [3.05, 3.63) is 29.8 Å². The van der Waals surface area contributed by atoms with E-state index in [1.807, 2.05) is 25.1 Å². The van der Waals surface area contributed by atoms with Crippen molar-refractivity contribution in [2.75, 3.05) is 13.2 Å². The van der Waals surface area contributed by atoms with Crippen molar-refractivity contribution >= 4 is 11.9 Å². The molecule has 1 N–H and O–H groups in total. The number of nitrogens with zero attached hydrogens (tertiary/aromatic N) is 1. The average molecular weight is 279 g/mol. The van der Waals surface area contributed by atoms with Gasteiger partial charge in [-0.25, -0.2) is 0 Å². The van der Waals surface area contributed by atoms with Crippen molar-refractivity contribution in [1.82, 2.24) is 4.90 Å². The highest BCUT2D eigenvalue weighted by Gasteiger charge is 2.20. The SMILES string of the molecule is CCc1cccc(OCC(=O)N(CC(=O)O)C(C)C)c1. The molecule has 1 amide bonds. The minimum atomic E-state index is -1.03. The number of benzene rings is 1. The van der Waals surface area contributed by atoms with Crippen LogP contribution >= 0.6 is 0 Å². The molecule has 0 bridgehead atoms. The molecule has 20 heavy (non-hydrogen) atoms. The number of carbonyl (C=O) groups is 2. The monoisotopic (exact) mass is 279 g/mol. The van der Waals surface area contributed by atoms with E-state index >= 15 is 0 Å². The minimum Gasteiger partial charge on any atom is -0.484 e. The van der Waals surface area contributed by atoms with Gasteiger partial charge in [0, 0.05) is 6.04 Å². The van der Waals surface area contributed by atoms with E-state index in [-0.39, 0.29) is 25.1 Å². The second-order valence-corrected chi connectivity index (χ2v) is 4.80. The molecule has 0 spiro atoms. The van der Waals surface area contributed by atoms with E-state index in [2.05, 4.69) is 0 Å². The quantitative estimate of drug-likeness (QED) is 0.828. The topological polar surface area (TPSA) is 66.8 Å². The molecule has 0 saturated heterocycles. The third-order valence-corrected chi connectivity index (χ3v) is 2.92. The third kappa shape index (κ3) is 4.91. The number of ether oxygens (including phenoxy) is 1. The fourth-order valence-corrected chi connectivity index (χ4v) is 1.79. The van der Waals surface area contributed by atoms with Crippen molar-refractivity contribution < 1.29 is 19.4 Å². The number of carbonyl (C=O) groups excluding carboxylic acids is 1. The van der Waals surface area contributed by atoms with Crippen LogP contribution < -0.4 is 4.74 Å². The zero-order chi connectivity index (χ0) is 15.1. The average Bonchev–Trinajstić information content (AvgIpc) is 2.42. The molecular weight excluding hydrogens is 258 g/mol. The first-order valence-corrected chi connectivity index (χ1v) is 6.67. The Labute approximate surface area is 119 Å². The van der Waals surface area contributed by atoms with Crippen LogP contribution in [0, 0.1) is 0 Å². The van der Waals surface area contributed by atoms with E-state index in [4.69, 9.17) is 9.84 Å². The highest BCUT2D eigenvalue weighted by Crippen LogP contribution is 2.14. The summed E-state index contributed by atoms with van der Waals surface area (Å²) >= 11 is 0. The lowest BCUT2D eigenvalue weighted by Gasteiger charge is -2.24. The number of carboxylic acids is 1. The molecule has 1 aromatic carbocycles. The molecule has 5 heteroatoms. The van der Waals surface area contributed by atoms with Gasteiger partial charge >= 0.3 is 5.97 Å². The molecule has 0 heterocycles. The highest BCUT2D eigenvalue weighted by molar-refractivity contribution is 5.82. The Balaban J connectivity index is 2.62. The molecule has 0 unspecified atom stereocenters. The maximum Gasteiger partial charge on any atom is 0.323 e. The zero-order valence-corrected chi connectivity index (χ0v) is 12.1. The third-order valence-electron chi connectivity index (χ3n) is 2.92.